The predicted molar refractivity (Wildman–Crippen MR) is 73.9 cm³/mol. The first-order valence-corrected chi connectivity index (χ1v) is 7.84. The molecule has 5 heteroatoms. The van der Waals surface area contributed by atoms with Crippen LogP contribution < -0.4 is 5.32 Å². The Morgan fingerprint density at radius 3 is 2.35 bits per heavy atom. The van der Waals surface area contributed by atoms with Crippen molar-refractivity contribution < 1.29 is 14.3 Å². The maximum absolute atomic E-state index is 12.3. The highest BCUT2D eigenvalue weighted by atomic mass is 16.5. The zero-order valence-corrected chi connectivity index (χ0v) is 12.1. The lowest BCUT2D eigenvalue weighted by atomic mass is 10.00. The molecule has 0 radical (unpaired) electrons. The summed E-state index contributed by atoms with van der Waals surface area (Å²) in [4.78, 5) is 26.0. The van der Waals surface area contributed by atoms with E-state index in [9.17, 15) is 9.59 Å². The molecule has 1 saturated carbocycles. The smallest absolute Gasteiger partial charge is 0.233 e. The first-order valence-electron chi connectivity index (χ1n) is 7.84. The zero-order valence-electron chi connectivity index (χ0n) is 12.1. The molecule has 112 valence electrons. The van der Waals surface area contributed by atoms with Crippen LogP contribution in [0.25, 0.3) is 0 Å². The van der Waals surface area contributed by atoms with Crippen LogP contribution in [0.5, 0.6) is 0 Å². The normalized spacial score (nSPS) is 34.9. The van der Waals surface area contributed by atoms with Gasteiger partial charge in [0.05, 0.1) is 31.1 Å². The van der Waals surface area contributed by atoms with Gasteiger partial charge in [-0.1, -0.05) is 6.92 Å². The number of hydrogen-bond acceptors (Lipinski definition) is 4. The van der Waals surface area contributed by atoms with Gasteiger partial charge in [0.1, 0.15) is 0 Å². The van der Waals surface area contributed by atoms with Crippen LogP contribution >= 0.6 is 0 Å². The molecule has 0 bridgehead atoms. The number of carbonyl (C=O) groups excluding carboxylic acids is 2. The molecule has 3 fully saturated rings. The number of nitrogens with zero attached hydrogens (tertiary/aromatic N) is 1. The van der Waals surface area contributed by atoms with Crippen LogP contribution in [0.2, 0.25) is 0 Å². The van der Waals surface area contributed by atoms with Crippen molar-refractivity contribution in [2.45, 2.75) is 38.7 Å². The number of fused-ring (bicyclic) bond motifs is 1. The number of rotatable bonds is 4. The van der Waals surface area contributed by atoms with E-state index >= 15 is 0 Å². The number of hydrogen-bond donors (Lipinski definition) is 1. The third kappa shape index (κ3) is 2.61. The SMILES string of the molecule is CC1CC2C(=O)N(CCOC3CCNCC3)C(=O)C2C1. The van der Waals surface area contributed by atoms with E-state index in [1.807, 2.05) is 0 Å². The first-order chi connectivity index (χ1) is 9.66. The second kappa shape index (κ2) is 5.82. The standard InChI is InChI=1S/C15H24N2O3/c1-10-8-12-13(9-10)15(19)17(14(12)18)6-7-20-11-2-4-16-5-3-11/h10-13,16H,2-9H2,1H3. The molecule has 1 N–H and O–H groups in total. The quantitative estimate of drug-likeness (QED) is 0.773. The van der Waals surface area contributed by atoms with E-state index in [2.05, 4.69) is 12.2 Å². The lowest BCUT2D eigenvalue weighted by Gasteiger charge is -2.24. The van der Waals surface area contributed by atoms with E-state index in [0.29, 0.717) is 19.1 Å². The first kappa shape index (κ1) is 14.0. The van der Waals surface area contributed by atoms with E-state index in [0.717, 1.165) is 38.8 Å². The predicted octanol–water partition coefficient (Wildman–Crippen LogP) is 0.786. The fourth-order valence-corrected chi connectivity index (χ4v) is 3.84. The fourth-order valence-electron chi connectivity index (χ4n) is 3.84. The van der Waals surface area contributed by atoms with Crippen LogP contribution in [-0.4, -0.2) is 49.1 Å². The molecular formula is C15H24N2O3. The van der Waals surface area contributed by atoms with Crippen molar-refractivity contribution in [3.63, 3.8) is 0 Å². The van der Waals surface area contributed by atoms with Crippen molar-refractivity contribution in [2.24, 2.45) is 17.8 Å². The number of carbonyl (C=O) groups is 2. The van der Waals surface area contributed by atoms with Gasteiger partial charge in [-0.05, 0) is 44.7 Å². The van der Waals surface area contributed by atoms with E-state index in [1.54, 1.807) is 0 Å². The third-order valence-corrected chi connectivity index (χ3v) is 4.92. The van der Waals surface area contributed by atoms with Crippen molar-refractivity contribution in [2.75, 3.05) is 26.2 Å². The zero-order chi connectivity index (χ0) is 14.1. The Labute approximate surface area is 120 Å². The number of amides is 2. The van der Waals surface area contributed by atoms with Gasteiger partial charge in [0, 0.05) is 0 Å². The Kier molecular flexibility index (Phi) is 4.08. The monoisotopic (exact) mass is 280 g/mol. The number of nitrogens with one attached hydrogen (secondary N) is 1. The van der Waals surface area contributed by atoms with Gasteiger partial charge in [0.25, 0.3) is 0 Å². The van der Waals surface area contributed by atoms with Crippen molar-refractivity contribution in [1.82, 2.24) is 10.2 Å². The summed E-state index contributed by atoms with van der Waals surface area (Å²) in [5.74, 6) is 0.496. The Balaban J connectivity index is 1.48. The molecule has 2 atom stereocenters. The molecule has 0 aromatic heterocycles. The number of imide groups is 1. The average molecular weight is 280 g/mol. The summed E-state index contributed by atoms with van der Waals surface area (Å²) >= 11 is 0. The van der Waals surface area contributed by atoms with Gasteiger partial charge in [0.15, 0.2) is 0 Å². The molecule has 0 spiro atoms. The van der Waals surface area contributed by atoms with Crippen LogP contribution in [0.15, 0.2) is 0 Å². The summed E-state index contributed by atoms with van der Waals surface area (Å²) in [5.41, 5.74) is 0. The maximum atomic E-state index is 12.3. The molecule has 2 unspecified atom stereocenters. The lowest BCUT2D eigenvalue weighted by Crippen LogP contribution is -2.37. The van der Waals surface area contributed by atoms with Crippen molar-refractivity contribution >= 4 is 11.8 Å². The molecule has 2 heterocycles. The van der Waals surface area contributed by atoms with Gasteiger partial charge in [0.2, 0.25) is 11.8 Å². The highest BCUT2D eigenvalue weighted by Gasteiger charge is 2.51. The summed E-state index contributed by atoms with van der Waals surface area (Å²) < 4.78 is 5.80. The average Bonchev–Trinajstić information content (AvgIpc) is 2.93. The van der Waals surface area contributed by atoms with Crippen molar-refractivity contribution in [1.29, 1.82) is 0 Å². The van der Waals surface area contributed by atoms with E-state index < -0.39 is 0 Å². The van der Waals surface area contributed by atoms with Crippen LogP contribution in [0.4, 0.5) is 0 Å². The van der Waals surface area contributed by atoms with Crippen LogP contribution in [0, 0.1) is 17.8 Å². The second-order valence-corrected chi connectivity index (χ2v) is 6.44. The van der Waals surface area contributed by atoms with Gasteiger partial charge < -0.3 is 10.1 Å². The van der Waals surface area contributed by atoms with Crippen molar-refractivity contribution in [3.8, 4) is 0 Å². The minimum absolute atomic E-state index is 0.0401. The number of likely N-dealkylation sites (tertiary alicyclic amines) is 1. The fraction of sp³-hybridized carbons (Fsp3) is 0.867. The van der Waals surface area contributed by atoms with Crippen molar-refractivity contribution in [3.05, 3.63) is 0 Å². The summed E-state index contributed by atoms with van der Waals surface area (Å²) in [6.07, 6.45) is 4.07. The Morgan fingerprint density at radius 2 is 1.75 bits per heavy atom. The molecule has 20 heavy (non-hydrogen) atoms. The topological polar surface area (TPSA) is 58.6 Å². The maximum Gasteiger partial charge on any atom is 0.233 e. The molecule has 0 aromatic carbocycles. The second-order valence-electron chi connectivity index (χ2n) is 6.44. The number of ether oxygens (including phenoxy) is 1. The van der Waals surface area contributed by atoms with E-state index in [1.165, 1.54) is 4.90 Å². The minimum Gasteiger partial charge on any atom is -0.376 e. The van der Waals surface area contributed by atoms with E-state index in [4.69, 9.17) is 4.74 Å². The molecule has 2 amide bonds. The highest BCUT2D eigenvalue weighted by molar-refractivity contribution is 6.05. The lowest BCUT2D eigenvalue weighted by molar-refractivity contribution is -0.141. The molecule has 1 aliphatic carbocycles. The van der Waals surface area contributed by atoms with Crippen LogP contribution in [-0.2, 0) is 14.3 Å². The van der Waals surface area contributed by atoms with E-state index in [-0.39, 0.29) is 29.8 Å². The Morgan fingerprint density at radius 1 is 1.15 bits per heavy atom. The Hall–Kier alpha value is -0.940. The Bertz CT molecular complexity index is 369. The van der Waals surface area contributed by atoms with Crippen LogP contribution in [0.3, 0.4) is 0 Å². The molecule has 2 saturated heterocycles. The molecule has 3 aliphatic rings. The third-order valence-electron chi connectivity index (χ3n) is 4.92. The molecular weight excluding hydrogens is 256 g/mol. The van der Waals surface area contributed by atoms with Gasteiger partial charge in [-0.15, -0.1) is 0 Å². The van der Waals surface area contributed by atoms with Crippen LogP contribution in [0.1, 0.15) is 32.6 Å². The molecule has 3 rings (SSSR count). The summed E-state index contributed by atoms with van der Waals surface area (Å²) in [6, 6.07) is 0. The summed E-state index contributed by atoms with van der Waals surface area (Å²) in [5, 5.41) is 3.29. The summed E-state index contributed by atoms with van der Waals surface area (Å²) in [6.45, 7) is 5.03. The largest absolute Gasteiger partial charge is 0.376 e. The molecule has 2 aliphatic heterocycles. The minimum atomic E-state index is -0.0450. The number of piperidine rings is 1. The van der Waals surface area contributed by atoms with Gasteiger partial charge in [-0.25, -0.2) is 0 Å². The highest BCUT2D eigenvalue weighted by Crippen LogP contribution is 2.42. The summed E-state index contributed by atoms with van der Waals surface area (Å²) in [7, 11) is 0. The van der Waals surface area contributed by atoms with Gasteiger partial charge in [-0.2, -0.15) is 0 Å². The van der Waals surface area contributed by atoms with Gasteiger partial charge in [-0.3, -0.25) is 14.5 Å². The van der Waals surface area contributed by atoms with Gasteiger partial charge >= 0.3 is 0 Å². The molecule has 0 aromatic rings. The molecule has 5 nitrogen and oxygen atoms in total.